The van der Waals surface area contributed by atoms with E-state index < -0.39 is 0 Å². The van der Waals surface area contributed by atoms with Crippen LogP contribution in [0.4, 0.5) is 0 Å². The topological polar surface area (TPSA) is 63.1 Å². The number of likely N-dealkylation sites (tertiary alicyclic amines) is 1. The van der Waals surface area contributed by atoms with Gasteiger partial charge in [0.15, 0.2) is 5.82 Å². The predicted octanol–water partition coefficient (Wildman–Crippen LogP) is 1.65. The molecule has 2 rings (SSSR count). The molecule has 1 aliphatic rings. The number of amides is 1. The van der Waals surface area contributed by atoms with Gasteiger partial charge in [-0.2, -0.15) is 0 Å². The van der Waals surface area contributed by atoms with Crippen molar-refractivity contribution in [2.24, 2.45) is 7.05 Å². The number of carbonyl (C=O) groups excluding carboxylic acids is 1. The van der Waals surface area contributed by atoms with Crippen LogP contribution in [-0.4, -0.2) is 45.2 Å². The summed E-state index contributed by atoms with van der Waals surface area (Å²) >= 11 is 0. The quantitative estimate of drug-likeness (QED) is 0.866. The van der Waals surface area contributed by atoms with Crippen molar-refractivity contribution in [3.05, 3.63) is 12.2 Å². The van der Waals surface area contributed by atoms with Gasteiger partial charge in [0, 0.05) is 13.5 Å². The van der Waals surface area contributed by atoms with Gasteiger partial charge in [-0.3, -0.25) is 4.79 Å². The molecule has 1 N–H and O–H groups in total. The van der Waals surface area contributed by atoms with Gasteiger partial charge >= 0.3 is 0 Å². The molecule has 0 spiro atoms. The number of nitrogens with one attached hydrogen (secondary N) is 1. The lowest BCUT2D eigenvalue weighted by molar-refractivity contribution is -0.121. The Balaban J connectivity index is 1.66. The molecule has 2 heterocycles. The number of aromatic nitrogens is 3. The van der Waals surface area contributed by atoms with Crippen LogP contribution in [0.3, 0.4) is 0 Å². The predicted molar refractivity (Wildman–Crippen MR) is 81.7 cm³/mol. The summed E-state index contributed by atoms with van der Waals surface area (Å²) in [6.07, 6.45) is 8.47. The lowest BCUT2D eigenvalue weighted by atomic mass is 10.2. The third-order valence-corrected chi connectivity index (χ3v) is 4.09. The van der Waals surface area contributed by atoms with Crippen LogP contribution in [0.15, 0.2) is 6.33 Å². The molecular formula is C15H27N5O. The second-order valence-electron chi connectivity index (χ2n) is 5.95. The third kappa shape index (κ3) is 5.12. The van der Waals surface area contributed by atoms with Crippen molar-refractivity contribution in [1.29, 1.82) is 0 Å². The first-order chi connectivity index (χ1) is 10.2. The van der Waals surface area contributed by atoms with Crippen molar-refractivity contribution < 1.29 is 4.79 Å². The minimum absolute atomic E-state index is 0.0943. The monoisotopic (exact) mass is 293 g/mol. The fourth-order valence-electron chi connectivity index (χ4n) is 2.89. The van der Waals surface area contributed by atoms with E-state index in [4.69, 9.17) is 0 Å². The van der Waals surface area contributed by atoms with Crippen molar-refractivity contribution >= 4 is 5.91 Å². The van der Waals surface area contributed by atoms with Crippen LogP contribution < -0.4 is 5.32 Å². The highest BCUT2D eigenvalue weighted by Gasteiger charge is 2.14. The van der Waals surface area contributed by atoms with Gasteiger partial charge in [0.1, 0.15) is 6.33 Å². The molecule has 1 amide bonds. The molecule has 1 fully saturated rings. The lowest BCUT2D eigenvalue weighted by Crippen LogP contribution is -2.30. The molecule has 118 valence electrons. The maximum Gasteiger partial charge on any atom is 0.220 e. The maximum absolute atomic E-state index is 12.0. The molecule has 6 heteroatoms. The SMILES string of the molecule is CC(NC(=O)CCCN1CCCCCC1)c1nncn1C. The van der Waals surface area contributed by atoms with E-state index in [1.165, 1.54) is 38.8 Å². The molecule has 21 heavy (non-hydrogen) atoms. The molecule has 0 aromatic carbocycles. The van der Waals surface area contributed by atoms with Gasteiger partial charge in [0.25, 0.3) is 0 Å². The molecule has 0 saturated carbocycles. The summed E-state index contributed by atoms with van der Waals surface area (Å²) in [6.45, 7) is 5.36. The molecular weight excluding hydrogens is 266 g/mol. The first-order valence-corrected chi connectivity index (χ1v) is 8.02. The molecule has 0 aliphatic carbocycles. The molecule has 1 aromatic rings. The smallest absolute Gasteiger partial charge is 0.220 e. The van der Waals surface area contributed by atoms with Crippen molar-refractivity contribution in [2.45, 2.75) is 51.5 Å². The Hall–Kier alpha value is -1.43. The standard InChI is InChI=1S/C15H27N5O/c1-13(15-18-16-12-19(15)2)17-14(21)8-7-11-20-9-5-3-4-6-10-20/h12-13H,3-11H2,1-2H3,(H,17,21). The van der Waals surface area contributed by atoms with Crippen LogP contribution in [0.2, 0.25) is 0 Å². The minimum Gasteiger partial charge on any atom is -0.346 e. The van der Waals surface area contributed by atoms with Crippen LogP contribution in [-0.2, 0) is 11.8 Å². The number of nitrogens with zero attached hydrogens (tertiary/aromatic N) is 4. The van der Waals surface area contributed by atoms with Crippen molar-refractivity contribution in [1.82, 2.24) is 25.0 Å². The number of hydrogen-bond acceptors (Lipinski definition) is 4. The van der Waals surface area contributed by atoms with Crippen molar-refractivity contribution in [2.75, 3.05) is 19.6 Å². The number of aryl methyl sites for hydroxylation is 1. The van der Waals surface area contributed by atoms with E-state index in [2.05, 4.69) is 20.4 Å². The maximum atomic E-state index is 12.0. The first-order valence-electron chi connectivity index (χ1n) is 8.02. The molecule has 1 unspecified atom stereocenters. The van der Waals surface area contributed by atoms with Crippen molar-refractivity contribution in [3.63, 3.8) is 0 Å². The van der Waals surface area contributed by atoms with Crippen molar-refractivity contribution in [3.8, 4) is 0 Å². The molecule has 1 atom stereocenters. The fourth-order valence-corrected chi connectivity index (χ4v) is 2.89. The van der Waals surface area contributed by atoms with Gasteiger partial charge in [0.2, 0.25) is 5.91 Å². The third-order valence-electron chi connectivity index (χ3n) is 4.09. The molecule has 1 aromatic heterocycles. The molecule has 6 nitrogen and oxygen atoms in total. The van der Waals surface area contributed by atoms with Crippen LogP contribution in [0.1, 0.15) is 57.3 Å². The Labute approximate surface area is 126 Å². The average molecular weight is 293 g/mol. The van der Waals surface area contributed by atoms with Crippen LogP contribution >= 0.6 is 0 Å². The zero-order valence-electron chi connectivity index (χ0n) is 13.2. The van der Waals surface area contributed by atoms with E-state index in [1.54, 1.807) is 6.33 Å². The van der Waals surface area contributed by atoms with E-state index in [1.807, 2.05) is 18.5 Å². The number of rotatable bonds is 6. The normalized spacial score (nSPS) is 18.2. The van der Waals surface area contributed by atoms with E-state index in [-0.39, 0.29) is 11.9 Å². The highest BCUT2D eigenvalue weighted by molar-refractivity contribution is 5.76. The Morgan fingerprint density at radius 1 is 1.33 bits per heavy atom. The fraction of sp³-hybridized carbons (Fsp3) is 0.800. The second kappa shape index (κ2) is 8.12. The first kappa shape index (κ1) is 15.9. The molecule has 0 bridgehead atoms. The molecule has 0 radical (unpaired) electrons. The van der Waals surface area contributed by atoms with Gasteiger partial charge in [-0.1, -0.05) is 12.8 Å². The van der Waals surface area contributed by atoms with Gasteiger partial charge in [-0.25, -0.2) is 0 Å². The number of hydrogen-bond donors (Lipinski definition) is 1. The minimum atomic E-state index is -0.0943. The van der Waals surface area contributed by atoms with Gasteiger partial charge in [-0.15, -0.1) is 10.2 Å². The summed E-state index contributed by atoms with van der Waals surface area (Å²) in [5.74, 6) is 0.885. The summed E-state index contributed by atoms with van der Waals surface area (Å²) < 4.78 is 1.84. The van der Waals surface area contributed by atoms with E-state index in [9.17, 15) is 4.79 Å². The Morgan fingerprint density at radius 3 is 2.67 bits per heavy atom. The van der Waals surface area contributed by atoms with E-state index in [0.717, 1.165) is 18.8 Å². The average Bonchev–Trinajstić information content (AvgIpc) is 2.72. The van der Waals surface area contributed by atoms with Crippen LogP contribution in [0, 0.1) is 0 Å². The van der Waals surface area contributed by atoms with Crippen LogP contribution in [0.25, 0.3) is 0 Å². The summed E-state index contributed by atoms with van der Waals surface area (Å²) in [5, 5.41) is 10.9. The summed E-state index contributed by atoms with van der Waals surface area (Å²) in [5.41, 5.74) is 0. The van der Waals surface area contributed by atoms with Crippen LogP contribution in [0.5, 0.6) is 0 Å². The Morgan fingerprint density at radius 2 is 2.05 bits per heavy atom. The van der Waals surface area contributed by atoms with Gasteiger partial charge < -0.3 is 14.8 Å². The van der Waals surface area contributed by atoms with E-state index in [0.29, 0.717) is 6.42 Å². The van der Waals surface area contributed by atoms with Gasteiger partial charge in [-0.05, 0) is 45.8 Å². The highest BCUT2D eigenvalue weighted by Crippen LogP contribution is 2.11. The molecule has 1 aliphatic heterocycles. The zero-order chi connectivity index (χ0) is 15.1. The zero-order valence-corrected chi connectivity index (χ0v) is 13.2. The van der Waals surface area contributed by atoms with Gasteiger partial charge in [0.05, 0.1) is 6.04 Å². The summed E-state index contributed by atoms with van der Waals surface area (Å²) in [7, 11) is 1.89. The Kier molecular flexibility index (Phi) is 6.17. The van der Waals surface area contributed by atoms with E-state index >= 15 is 0 Å². The largest absolute Gasteiger partial charge is 0.346 e. The Bertz CT molecular complexity index is 437. The summed E-state index contributed by atoms with van der Waals surface area (Å²) in [6, 6.07) is -0.0943. The number of carbonyl (C=O) groups is 1. The summed E-state index contributed by atoms with van der Waals surface area (Å²) in [4.78, 5) is 14.5. The highest BCUT2D eigenvalue weighted by atomic mass is 16.1. The second-order valence-corrected chi connectivity index (χ2v) is 5.95. The molecule has 1 saturated heterocycles. The lowest BCUT2D eigenvalue weighted by Gasteiger charge is -2.19.